The highest BCUT2D eigenvalue weighted by molar-refractivity contribution is 5.94. The average Bonchev–Trinajstić information content (AvgIpc) is 2.97. The van der Waals surface area contributed by atoms with Crippen molar-refractivity contribution in [3.63, 3.8) is 0 Å². The Morgan fingerprint density at radius 2 is 1.95 bits per heavy atom. The molecule has 1 aromatic rings. The minimum Gasteiger partial charge on any atom is -0.335 e. The third-order valence-electron chi connectivity index (χ3n) is 4.73. The summed E-state index contributed by atoms with van der Waals surface area (Å²) >= 11 is 0. The van der Waals surface area contributed by atoms with Crippen LogP contribution in [-0.2, 0) is 0 Å². The van der Waals surface area contributed by atoms with Crippen LogP contribution in [0.15, 0.2) is 18.3 Å². The summed E-state index contributed by atoms with van der Waals surface area (Å²) in [7, 11) is 0. The summed E-state index contributed by atoms with van der Waals surface area (Å²) in [5, 5.41) is 0. The number of pyridine rings is 1. The van der Waals surface area contributed by atoms with E-state index in [1.807, 2.05) is 4.90 Å². The van der Waals surface area contributed by atoms with Crippen molar-refractivity contribution < 1.29 is 9.18 Å². The molecule has 2 aliphatic rings. The Balaban J connectivity index is 1.74. The third kappa shape index (κ3) is 2.69. The highest BCUT2D eigenvalue weighted by atomic mass is 19.1. The van der Waals surface area contributed by atoms with Crippen molar-refractivity contribution in [1.29, 1.82) is 0 Å². The van der Waals surface area contributed by atoms with Gasteiger partial charge in [0.25, 0.3) is 5.91 Å². The number of halogens is 1. The van der Waals surface area contributed by atoms with E-state index in [4.69, 9.17) is 0 Å². The Bertz CT molecular complexity index is 468. The number of carbonyl (C=O) groups excluding carboxylic acids is 1. The summed E-state index contributed by atoms with van der Waals surface area (Å²) in [6, 6.07) is 3.19. The lowest BCUT2D eigenvalue weighted by molar-refractivity contribution is 0.0661. The SMILES string of the molecule is O=C(c1ccc(F)nc1)N1CCCC1C1CCCCC1. The zero-order chi connectivity index (χ0) is 13.9. The first-order valence-corrected chi connectivity index (χ1v) is 7.68. The minimum absolute atomic E-state index is 0.0190. The zero-order valence-corrected chi connectivity index (χ0v) is 11.7. The summed E-state index contributed by atoms with van der Waals surface area (Å²) in [4.78, 5) is 18.2. The van der Waals surface area contributed by atoms with Gasteiger partial charge in [-0.05, 0) is 43.7 Å². The van der Waals surface area contributed by atoms with Crippen LogP contribution in [0.4, 0.5) is 4.39 Å². The summed E-state index contributed by atoms with van der Waals surface area (Å²) < 4.78 is 12.9. The average molecular weight is 276 g/mol. The summed E-state index contributed by atoms with van der Waals surface area (Å²) in [5.41, 5.74) is 0.508. The number of nitrogens with zero attached hydrogens (tertiary/aromatic N) is 2. The second kappa shape index (κ2) is 5.90. The molecule has 2 heterocycles. The van der Waals surface area contributed by atoms with Gasteiger partial charge in [0.2, 0.25) is 5.95 Å². The molecule has 0 bridgehead atoms. The molecule has 108 valence electrons. The van der Waals surface area contributed by atoms with Crippen molar-refractivity contribution in [1.82, 2.24) is 9.88 Å². The van der Waals surface area contributed by atoms with Crippen LogP contribution in [0.1, 0.15) is 55.3 Å². The normalized spacial score (nSPS) is 24.1. The van der Waals surface area contributed by atoms with Gasteiger partial charge in [-0.2, -0.15) is 4.39 Å². The van der Waals surface area contributed by atoms with E-state index in [-0.39, 0.29) is 5.91 Å². The van der Waals surface area contributed by atoms with E-state index in [1.54, 1.807) is 6.07 Å². The van der Waals surface area contributed by atoms with E-state index in [2.05, 4.69) is 4.98 Å². The summed E-state index contributed by atoms with van der Waals surface area (Å²) in [6.07, 6.45) is 9.97. The standard InChI is InChI=1S/C16H21FN2O/c17-15-9-8-13(11-18-15)16(20)19-10-4-7-14(19)12-5-2-1-3-6-12/h8-9,11-12,14H,1-7,10H2. The van der Waals surface area contributed by atoms with E-state index in [9.17, 15) is 9.18 Å². The van der Waals surface area contributed by atoms with Crippen LogP contribution >= 0.6 is 0 Å². The van der Waals surface area contributed by atoms with E-state index >= 15 is 0 Å². The van der Waals surface area contributed by atoms with Gasteiger partial charge in [-0.15, -0.1) is 0 Å². The fourth-order valence-corrected chi connectivity index (χ4v) is 3.72. The Hall–Kier alpha value is -1.45. The molecular weight excluding hydrogens is 255 g/mol. The Morgan fingerprint density at radius 1 is 1.15 bits per heavy atom. The number of likely N-dealkylation sites (tertiary alicyclic amines) is 1. The number of aromatic nitrogens is 1. The summed E-state index contributed by atoms with van der Waals surface area (Å²) in [5.74, 6) is 0.140. The van der Waals surface area contributed by atoms with Gasteiger partial charge in [0, 0.05) is 18.8 Å². The molecule has 0 aromatic carbocycles. The molecule has 20 heavy (non-hydrogen) atoms. The number of hydrogen-bond acceptors (Lipinski definition) is 2. The van der Waals surface area contributed by atoms with Crippen molar-refractivity contribution in [2.75, 3.05) is 6.54 Å². The van der Waals surface area contributed by atoms with Crippen LogP contribution in [0.5, 0.6) is 0 Å². The maximum absolute atomic E-state index is 12.9. The molecule has 1 unspecified atom stereocenters. The van der Waals surface area contributed by atoms with E-state index in [1.165, 1.54) is 44.4 Å². The number of rotatable bonds is 2. The molecule has 2 fully saturated rings. The van der Waals surface area contributed by atoms with Crippen molar-refractivity contribution >= 4 is 5.91 Å². The molecule has 4 heteroatoms. The maximum Gasteiger partial charge on any atom is 0.255 e. The monoisotopic (exact) mass is 276 g/mol. The van der Waals surface area contributed by atoms with E-state index in [0.717, 1.165) is 19.4 Å². The van der Waals surface area contributed by atoms with Gasteiger partial charge < -0.3 is 4.90 Å². The molecular formula is C16H21FN2O. The number of hydrogen-bond donors (Lipinski definition) is 0. The molecule has 3 rings (SSSR count). The quantitative estimate of drug-likeness (QED) is 0.776. The Kier molecular flexibility index (Phi) is 3.99. The molecule has 3 nitrogen and oxygen atoms in total. The molecule has 1 atom stereocenters. The molecule has 0 N–H and O–H groups in total. The van der Waals surface area contributed by atoms with Crippen LogP contribution < -0.4 is 0 Å². The molecule has 1 aromatic heterocycles. The smallest absolute Gasteiger partial charge is 0.255 e. The van der Waals surface area contributed by atoms with Crippen molar-refractivity contribution in [2.24, 2.45) is 5.92 Å². The number of carbonyl (C=O) groups is 1. The third-order valence-corrected chi connectivity index (χ3v) is 4.73. The van der Waals surface area contributed by atoms with Gasteiger partial charge in [0.05, 0.1) is 5.56 Å². The number of amides is 1. The molecule has 1 saturated carbocycles. The summed E-state index contributed by atoms with van der Waals surface area (Å²) in [6.45, 7) is 0.831. The van der Waals surface area contributed by atoms with Crippen LogP contribution in [0.3, 0.4) is 0 Å². The molecule has 1 saturated heterocycles. The first kappa shape index (κ1) is 13.5. The van der Waals surface area contributed by atoms with Crippen LogP contribution in [0.25, 0.3) is 0 Å². The maximum atomic E-state index is 12.9. The van der Waals surface area contributed by atoms with Gasteiger partial charge >= 0.3 is 0 Å². The van der Waals surface area contributed by atoms with Crippen molar-refractivity contribution in [3.05, 3.63) is 29.8 Å². The molecule has 0 spiro atoms. The second-order valence-electron chi connectivity index (χ2n) is 5.98. The van der Waals surface area contributed by atoms with Gasteiger partial charge in [-0.3, -0.25) is 4.79 Å². The van der Waals surface area contributed by atoms with Crippen LogP contribution in [0, 0.1) is 11.9 Å². The van der Waals surface area contributed by atoms with E-state index in [0.29, 0.717) is 17.5 Å². The highest BCUT2D eigenvalue weighted by Crippen LogP contribution is 2.34. The lowest BCUT2D eigenvalue weighted by Gasteiger charge is -2.34. The molecule has 1 amide bonds. The molecule has 1 aliphatic carbocycles. The van der Waals surface area contributed by atoms with E-state index < -0.39 is 5.95 Å². The highest BCUT2D eigenvalue weighted by Gasteiger charge is 2.35. The lowest BCUT2D eigenvalue weighted by atomic mass is 9.83. The predicted octanol–water partition coefficient (Wildman–Crippen LogP) is 3.41. The van der Waals surface area contributed by atoms with Crippen LogP contribution in [-0.4, -0.2) is 28.4 Å². The van der Waals surface area contributed by atoms with Crippen molar-refractivity contribution in [3.8, 4) is 0 Å². The van der Waals surface area contributed by atoms with Gasteiger partial charge in [-0.1, -0.05) is 19.3 Å². The topological polar surface area (TPSA) is 33.2 Å². The zero-order valence-electron chi connectivity index (χ0n) is 11.7. The predicted molar refractivity (Wildman–Crippen MR) is 74.8 cm³/mol. The second-order valence-corrected chi connectivity index (χ2v) is 5.98. The van der Waals surface area contributed by atoms with Gasteiger partial charge in [-0.25, -0.2) is 4.98 Å². The first-order valence-electron chi connectivity index (χ1n) is 7.68. The van der Waals surface area contributed by atoms with Gasteiger partial charge in [0.15, 0.2) is 0 Å². The Morgan fingerprint density at radius 3 is 2.65 bits per heavy atom. The first-order chi connectivity index (χ1) is 9.75. The van der Waals surface area contributed by atoms with Crippen molar-refractivity contribution in [2.45, 2.75) is 51.0 Å². The molecule has 0 radical (unpaired) electrons. The fourth-order valence-electron chi connectivity index (χ4n) is 3.72. The molecule has 1 aliphatic heterocycles. The largest absolute Gasteiger partial charge is 0.335 e. The minimum atomic E-state index is -0.535. The fraction of sp³-hybridized carbons (Fsp3) is 0.625. The Labute approximate surface area is 119 Å². The lowest BCUT2D eigenvalue weighted by Crippen LogP contribution is -2.40. The van der Waals surface area contributed by atoms with Crippen LogP contribution in [0.2, 0.25) is 0 Å². The van der Waals surface area contributed by atoms with Gasteiger partial charge in [0.1, 0.15) is 0 Å².